The van der Waals surface area contributed by atoms with Gasteiger partial charge in [-0.1, -0.05) is 12.2 Å². The molecule has 0 fully saturated rings. The summed E-state index contributed by atoms with van der Waals surface area (Å²) in [6, 6.07) is 0. The monoisotopic (exact) mass is 244 g/mol. The zero-order chi connectivity index (χ0) is 13.1. The van der Waals surface area contributed by atoms with E-state index in [1.807, 2.05) is 0 Å². The molecule has 17 heavy (non-hydrogen) atoms. The zero-order valence-corrected chi connectivity index (χ0v) is 9.93. The average molecular weight is 244 g/mol. The number of ether oxygens (including phenoxy) is 3. The minimum absolute atomic E-state index is 0.105. The van der Waals surface area contributed by atoms with Crippen molar-refractivity contribution in [3.05, 3.63) is 12.2 Å². The smallest absolute Gasteiger partial charge is 0.465 e. The van der Waals surface area contributed by atoms with Crippen molar-refractivity contribution in [3.63, 3.8) is 0 Å². The van der Waals surface area contributed by atoms with Crippen LogP contribution in [0.3, 0.4) is 0 Å². The molecule has 0 aliphatic carbocycles. The lowest BCUT2D eigenvalue weighted by Gasteiger charge is -2.00. The van der Waals surface area contributed by atoms with Crippen LogP contribution < -0.4 is 0 Å². The first kappa shape index (κ1) is 15.2. The average Bonchev–Trinajstić information content (AvgIpc) is 2.26. The second kappa shape index (κ2) is 9.38. The molecule has 0 radical (unpaired) electrons. The number of hydrogen-bond acceptors (Lipinski definition) is 6. The van der Waals surface area contributed by atoms with Crippen LogP contribution in [-0.2, 0) is 23.8 Å². The molecule has 6 heteroatoms. The predicted octanol–water partition coefficient (Wildman–Crippen LogP) is 1.24. The van der Waals surface area contributed by atoms with Crippen molar-refractivity contribution in [2.24, 2.45) is 0 Å². The third kappa shape index (κ3) is 10.4. The Labute approximate surface area is 99.5 Å². The minimum atomic E-state index is -0.748. The highest BCUT2D eigenvalue weighted by atomic mass is 16.7. The highest BCUT2D eigenvalue weighted by Gasteiger charge is 2.04. The van der Waals surface area contributed by atoms with Gasteiger partial charge in [0.1, 0.15) is 18.8 Å². The van der Waals surface area contributed by atoms with Crippen molar-refractivity contribution in [1.82, 2.24) is 0 Å². The summed E-state index contributed by atoms with van der Waals surface area (Å²) in [5.41, 5.74) is 0. The Kier molecular flexibility index (Phi) is 8.36. The molecule has 0 unspecified atom stereocenters. The van der Waals surface area contributed by atoms with Crippen LogP contribution in [0.15, 0.2) is 12.2 Å². The molecule has 0 saturated carbocycles. The molecule has 96 valence electrons. The lowest BCUT2D eigenvalue weighted by molar-refractivity contribution is -0.145. The maximum absolute atomic E-state index is 10.9. The molecule has 0 heterocycles. The van der Waals surface area contributed by atoms with Gasteiger partial charge in [-0.05, 0) is 13.3 Å². The van der Waals surface area contributed by atoms with Crippen LogP contribution in [0.5, 0.6) is 0 Å². The summed E-state index contributed by atoms with van der Waals surface area (Å²) < 4.78 is 13.6. The first-order valence-corrected chi connectivity index (χ1v) is 5.07. The topological polar surface area (TPSA) is 78.9 Å². The summed E-state index contributed by atoms with van der Waals surface area (Å²) in [7, 11) is 1.22. The maximum atomic E-state index is 10.9. The molecule has 0 rings (SSSR count). The van der Waals surface area contributed by atoms with E-state index in [1.54, 1.807) is 12.2 Å². The molecular weight excluding hydrogens is 228 g/mol. The molecule has 0 atom stereocenters. The fourth-order valence-corrected chi connectivity index (χ4v) is 0.856. The van der Waals surface area contributed by atoms with Gasteiger partial charge in [-0.3, -0.25) is 9.59 Å². The fourth-order valence-electron chi connectivity index (χ4n) is 0.856. The normalized spacial score (nSPS) is 10.0. The van der Waals surface area contributed by atoms with Gasteiger partial charge in [-0.15, -0.1) is 0 Å². The molecule has 0 aliphatic heterocycles. The Balaban J connectivity index is 3.45. The van der Waals surface area contributed by atoms with Gasteiger partial charge in [-0.25, -0.2) is 4.79 Å². The van der Waals surface area contributed by atoms with Gasteiger partial charge in [-0.2, -0.15) is 0 Å². The molecular formula is C11H16O6. The molecule has 0 saturated heterocycles. The quantitative estimate of drug-likeness (QED) is 0.290. The Morgan fingerprint density at radius 3 is 2.41 bits per heavy atom. The highest BCUT2D eigenvalue weighted by molar-refractivity contribution is 5.94. The standard InChI is InChI=1S/C11H16O6/c1-9(12)8-10(13)16-6-4-3-5-7-17-11(14)15-2/h3,5H,4,6-8H2,1-2H3/b5-3-. The summed E-state index contributed by atoms with van der Waals surface area (Å²) in [5, 5.41) is 0. The molecule has 0 aromatic carbocycles. The van der Waals surface area contributed by atoms with Crippen LogP contribution in [0.4, 0.5) is 4.79 Å². The summed E-state index contributed by atoms with van der Waals surface area (Å²) in [6.07, 6.45) is 2.85. The number of rotatable bonds is 7. The van der Waals surface area contributed by atoms with Crippen molar-refractivity contribution in [2.45, 2.75) is 19.8 Å². The van der Waals surface area contributed by atoms with Crippen molar-refractivity contribution in [3.8, 4) is 0 Å². The van der Waals surface area contributed by atoms with E-state index in [-0.39, 0.29) is 25.4 Å². The molecule has 0 aliphatic rings. The lowest BCUT2D eigenvalue weighted by atomic mass is 10.3. The van der Waals surface area contributed by atoms with Crippen LogP contribution in [-0.4, -0.2) is 38.2 Å². The van der Waals surface area contributed by atoms with Crippen molar-refractivity contribution in [1.29, 1.82) is 0 Å². The second-order valence-corrected chi connectivity index (χ2v) is 3.12. The number of carbonyl (C=O) groups is 3. The lowest BCUT2D eigenvalue weighted by Crippen LogP contribution is -2.09. The second-order valence-electron chi connectivity index (χ2n) is 3.12. The molecule has 0 bridgehead atoms. The van der Waals surface area contributed by atoms with E-state index in [4.69, 9.17) is 4.74 Å². The third-order valence-corrected chi connectivity index (χ3v) is 1.57. The van der Waals surface area contributed by atoms with E-state index in [0.717, 1.165) is 0 Å². The Bertz CT molecular complexity index is 294. The number of hydrogen-bond donors (Lipinski definition) is 0. The van der Waals surface area contributed by atoms with Crippen LogP contribution in [0, 0.1) is 0 Å². The van der Waals surface area contributed by atoms with Crippen LogP contribution in [0.2, 0.25) is 0 Å². The van der Waals surface area contributed by atoms with Crippen molar-refractivity contribution in [2.75, 3.05) is 20.3 Å². The third-order valence-electron chi connectivity index (χ3n) is 1.57. The van der Waals surface area contributed by atoms with Gasteiger partial charge in [0.2, 0.25) is 0 Å². The Morgan fingerprint density at radius 1 is 1.12 bits per heavy atom. The summed E-state index contributed by atoms with van der Waals surface area (Å²) in [6.45, 7) is 1.63. The number of esters is 1. The van der Waals surface area contributed by atoms with Gasteiger partial charge in [0, 0.05) is 0 Å². The first-order valence-electron chi connectivity index (χ1n) is 5.07. The predicted molar refractivity (Wildman–Crippen MR) is 58.4 cm³/mol. The van der Waals surface area contributed by atoms with Crippen molar-refractivity contribution >= 4 is 17.9 Å². The van der Waals surface area contributed by atoms with Gasteiger partial charge in [0.05, 0.1) is 13.7 Å². The summed E-state index contributed by atoms with van der Waals surface area (Å²) in [5.74, 6) is -0.756. The maximum Gasteiger partial charge on any atom is 0.508 e. The van der Waals surface area contributed by atoms with E-state index in [0.29, 0.717) is 6.42 Å². The van der Waals surface area contributed by atoms with E-state index >= 15 is 0 Å². The number of Topliss-reactive ketones (excluding diaryl/α,β-unsaturated/α-hetero) is 1. The van der Waals surface area contributed by atoms with Gasteiger partial charge < -0.3 is 14.2 Å². The van der Waals surface area contributed by atoms with Crippen molar-refractivity contribution < 1.29 is 28.6 Å². The molecule has 0 spiro atoms. The fraction of sp³-hybridized carbons (Fsp3) is 0.545. The number of ketones is 1. The molecule has 0 N–H and O–H groups in total. The highest BCUT2D eigenvalue weighted by Crippen LogP contribution is 1.92. The van der Waals surface area contributed by atoms with E-state index in [1.165, 1.54) is 14.0 Å². The molecule has 0 amide bonds. The molecule has 0 aromatic rings. The first-order chi connectivity index (χ1) is 8.06. The SMILES string of the molecule is COC(=O)OC/C=C\CCOC(=O)CC(C)=O. The van der Waals surface area contributed by atoms with Crippen LogP contribution in [0.1, 0.15) is 19.8 Å². The van der Waals surface area contributed by atoms with E-state index < -0.39 is 12.1 Å². The summed E-state index contributed by atoms with van der Waals surface area (Å²) >= 11 is 0. The van der Waals surface area contributed by atoms with E-state index in [9.17, 15) is 14.4 Å². The molecule has 6 nitrogen and oxygen atoms in total. The zero-order valence-electron chi connectivity index (χ0n) is 9.93. The van der Waals surface area contributed by atoms with Gasteiger partial charge in [0.25, 0.3) is 0 Å². The van der Waals surface area contributed by atoms with Crippen LogP contribution >= 0.6 is 0 Å². The largest absolute Gasteiger partial charge is 0.508 e. The van der Waals surface area contributed by atoms with Crippen LogP contribution in [0.25, 0.3) is 0 Å². The van der Waals surface area contributed by atoms with E-state index in [2.05, 4.69) is 9.47 Å². The number of methoxy groups -OCH3 is 1. The van der Waals surface area contributed by atoms with Gasteiger partial charge in [0.15, 0.2) is 0 Å². The summed E-state index contributed by atoms with van der Waals surface area (Å²) in [4.78, 5) is 32.0. The molecule has 0 aromatic heterocycles. The Morgan fingerprint density at radius 2 is 1.82 bits per heavy atom. The minimum Gasteiger partial charge on any atom is -0.465 e. The Hall–Kier alpha value is -1.85. The number of carbonyl (C=O) groups excluding carboxylic acids is 3. The van der Waals surface area contributed by atoms with Gasteiger partial charge >= 0.3 is 12.1 Å².